The van der Waals surface area contributed by atoms with Crippen molar-refractivity contribution in [2.45, 2.75) is 103 Å². The molecule has 6 aliphatic rings. The molecule has 2 aromatic heterocycles. The summed E-state index contributed by atoms with van der Waals surface area (Å²) in [6.45, 7) is 13.8. The fourth-order valence-corrected chi connectivity index (χ4v) is 41.2. The van der Waals surface area contributed by atoms with E-state index in [0.717, 1.165) is 56.6 Å². The van der Waals surface area contributed by atoms with Crippen LogP contribution in [0.2, 0.25) is 38.3 Å². The Kier molecular flexibility index (Phi) is 25.9. The molecule has 0 aliphatic carbocycles. The number of fused-ring (bicyclic) bond motifs is 12. The summed E-state index contributed by atoms with van der Waals surface area (Å²) in [4.78, 5) is 34.2. The third-order valence-corrected chi connectivity index (χ3v) is 40.8. The predicted molar refractivity (Wildman–Crippen MR) is 410 cm³/mol. The van der Waals surface area contributed by atoms with Crippen LogP contribution < -0.4 is 40.7 Å². The van der Waals surface area contributed by atoms with E-state index in [1.54, 1.807) is 0 Å². The summed E-state index contributed by atoms with van der Waals surface area (Å²) in [5.41, 5.74) is 3.95. The summed E-state index contributed by atoms with van der Waals surface area (Å²) < 4.78 is 193. The summed E-state index contributed by atoms with van der Waals surface area (Å²) in [6, 6.07) is 32.6. The van der Waals surface area contributed by atoms with Gasteiger partial charge in [-0.3, -0.25) is 0 Å². The SMILES string of the molecule is CCCC[N+](CCC[Si](C)(C)O[Si-2]123(O[Si](C)(C)CCC[N+](CCCS(=O)(=O)[O-])(CCCS(=O)(=O)[O-])CCCS(=O)(=O)[O-])n4c5c6ccccc6c4N=C4c6ccccc6C(=[N+]41)N=c1c4ccccc4c(n12)=NC1=[N+]3C(=N5)c2ccccc21)(CCCS(=O)(=O)[O-])CCOCCOCCOCCC(=O)[O-].[NH4+].[NH4+].[NH4+].[NH4+]. The number of carboxylic acids is 1. The van der Waals surface area contributed by atoms with E-state index < -0.39 is 93.8 Å². The van der Waals surface area contributed by atoms with Crippen LogP contribution in [0.25, 0.3) is 21.5 Å². The number of hydrogen-bond acceptors (Lipinski definition) is 23. The number of ether oxygens (including phenoxy) is 3. The molecule has 8 heterocycles. The average Bonchev–Trinajstić information content (AvgIpc) is 1.46. The Morgan fingerprint density at radius 3 is 1.14 bits per heavy atom. The van der Waals surface area contributed by atoms with E-state index in [2.05, 4.69) is 50.1 Å². The first-order valence-corrected chi connectivity index (χ1v) is 50.3. The van der Waals surface area contributed by atoms with Gasteiger partial charge in [0.05, 0.1) is 19.8 Å². The number of benzene rings is 4. The van der Waals surface area contributed by atoms with Crippen molar-refractivity contribution in [2.24, 2.45) is 20.0 Å². The summed E-state index contributed by atoms with van der Waals surface area (Å²) in [6.07, 6.45) is 1.68. The Morgan fingerprint density at radius 1 is 0.439 bits per heavy atom. The molecule has 592 valence electrons. The van der Waals surface area contributed by atoms with Gasteiger partial charge in [-0.25, -0.2) is 0 Å². The molecule has 0 amide bonds. The number of carboxylic acid groups (broad SMARTS) is 1. The normalized spacial score (nSPS) is 17.3. The van der Waals surface area contributed by atoms with Crippen LogP contribution in [0.4, 0.5) is 11.6 Å². The summed E-state index contributed by atoms with van der Waals surface area (Å²) >= 11 is 0. The van der Waals surface area contributed by atoms with E-state index in [4.69, 9.17) is 34.2 Å². The zero-order valence-corrected chi connectivity index (χ0v) is 68.9. The van der Waals surface area contributed by atoms with Gasteiger partial charge in [-0.2, -0.15) is 0 Å². The molecule has 1 spiro atoms. The summed E-state index contributed by atoms with van der Waals surface area (Å²) in [7, 11) is -33.8. The van der Waals surface area contributed by atoms with Crippen molar-refractivity contribution in [3.8, 4) is 0 Å². The minimum atomic E-state index is -7.41. The number of amidine groups is 4. The number of unbranched alkanes of at least 4 members (excludes halogenated alkanes) is 1. The third-order valence-electron chi connectivity index (χ3n) is 20.9. The molecule has 4 aromatic carbocycles. The van der Waals surface area contributed by atoms with E-state index in [-0.39, 0.29) is 139 Å². The van der Waals surface area contributed by atoms with Crippen molar-refractivity contribution in [3.63, 3.8) is 0 Å². The molecule has 40 heteroatoms. The maximum atomic E-state index is 12.4. The first kappa shape index (κ1) is 86.2. The smallest absolute Gasteiger partial charge is 0.550 e. The van der Waals surface area contributed by atoms with Crippen LogP contribution >= 0.6 is 0 Å². The maximum absolute atomic E-state index is 12.4. The molecular formula is C67H105N14O19S4Si3+. The molecule has 33 nitrogen and oxygen atoms in total. The number of quaternary nitrogens is 6. The van der Waals surface area contributed by atoms with Gasteiger partial charge in [-0.15, -0.1) is 0 Å². The second-order valence-electron chi connectivity index (χ2n) is 29.2. The molecule has 0 radical (unpaired) electrons. The molecule has 1 atom stereocenters. The standard InChI is InChI=1S/C67H92N10O19S4Si3.4H3N/c1-6-7-31-77(35-19-48-100(89,90)91,38-40-93-42-44-94-43-41-92-39-30-59(78)79)37-21-50-102(4,5)96-103(95-101(2,3)49-20-36-76(32-16-45-97(80,81)82,33-17-46-98(83,84)85)34-18-47-99(86,87)88)72-60-51-22-8-9-23-52(51)61(72)69-63-55-26-12-13-27-56(55)65(74(63)103)71-67-58-29-15-14-28-57(58)66(75(67)103)70-64-54-25-11-10-24-53(54)62(68-60)73(64)103;;;;/h8-15,22-29H,6-7,16-21,30-50H2,1-5H3,(H3-2,78,79,80,81,82,83,84,85,86,87,88,89,90,91);4*1H3/p+1. The van der Waals surface area contributed by atoms with Crippen molar-refractivity contribution in [1.82, 2.24) is 33.1 Å². The molecule has 1 unspecified atom stereocenters. The van der Waals surface area contributed by atoms with Crippen molar-refractivity contribution in [1.29, 1.82) is 0 Å². The predicted octanol–water partition coefficient (Wildman–Crippen LogP) is 5.42. The van der Waals surface area contributed by atoms with E-state index in [1.165, 1.54) is 0 Å². The summed E-state index contributed by atoms with van der Waals surface area (Å²) in [5, 5.41) is 13.8. The van der Waals surface area contributed by atoms with Gasteiger partial charge in [-0.1, -0.05) is 0 Å². The molecule has 6 aliphatic heterocycles. The molecular weight excluding hydrogens is 1520 g/mol. The first-order chi connectivity index (χ1) is 48.6. The number of aromatic nitrogens is 2. The second kappa shape index (κ2) is 32.1. The zero-order chi connectivity index (χ0) is 73.7. The quantitative estimate of drug-likeness (QED) is 0.0161. The van der Waals surface area contributed by atoms with E-state index >= 15 is 0 Å². The number of aliphatic carboxylic acids is 1. The van der Waals surface area contributed by atoms with E-state index in [1.807, 2.05) is 97.1 Å². The van der Waals surface area contributed by atoms with Gasteiger partial charge in [-0.05, 0) is 0 Å². The Bertz CT molecular complexity index is 4890. The van der Waals surface area contributed by atoms with Gasteiger partial charge in [0.2, 0.25) is 0 Å². The molecule has 107 heavy (non-hydrogen) atoms. The first-order valence-electron chi connectivity index (χ1n) is 35.2. The topological polar surface area (TPSA) is 526 Å². The number of hydrogen-bond donors (Lipinski definition) is 4. The van der Waals surface area contributed by atoms with Crippen molar-refractivity contribution in [3.05, 3.63) is 130 Å². The molecule has 6 aromatic rings. The molecule has 0 fully saturated rings. The number of aliphatic imine (C=N–C) groups is 2. The van der Waals surface area contributed by atoms with Crippen LogP contribution in [0.5, 0.6) is 0 Å². The van der Waals surface area contributed by atoms with Crippen molar-refractivity contribution in [2.75, 3.05) is 115 Å². The number of nitrogens with zero attached hydrogens (tertiary/aromatic N) is 10. The van der Waals surface area contributed by atoms with Gasteiger partial charge >= 0.3 is 559 Å². The fourth-order valence-electron chi connectivity index (χ4n) is 17.0. The van der Waals surface area contributed by atoms with Gasteiger partial charge < -0.3 is 39.2 Å². The number of rotatable bonds is 43. The Morgan fingerprint density at radius 2 is 0.766 bits per heavy atom. The molecule has 0 saturated heterocycles. The van der Waals surface area contributed by atoms with Gasteiger partial charge in [0, 0.05) is 12.4 Å². The second-order valence-corrected chi connectivity index (χ2v) is 49.5. The van der Waals surface area contributed by atoms with E-state index in [0.29, 0.717) is 89.1 Å². The van der Waals surface area contributed by atoms with E-state index in [9.17, 15) is 70.0 Å². The van der Waals surface area contributed by atoms with Gasteiger partial charge in [0.15, 0.2) is 0 Å². The van der Waals surface area contributed by atoms with Crippen molar-refractivity contribution < 1.29 is 102 Å². The molecule has 16 N–H and O–H groups in total. The van der Waals surface area contributed by atoms with Crippen LogP contribution in [0.3, 0.4) is 0 Å². The van der Waals surface area contributed by atoms with Crippen molar-refractivity contribution >= 4 is 127 Å². The Labute approximate surface area is 626 Å². The van der Waals surface area contributed by atoms with Crippen LogP contribution in [0, 0.1) is 0 Å². The fraction of sp³-hybridized carbons (Fsp3) is 0.507. The van der Waals surface area contributed by atoms with Gasteiger partial charge in [0.1, 0.15) is 0 Å². The number of carbonyl (C=O) groups excluding carboxylic acids is 1. The zero-order valence-electron chi connectivity index (χ0n) is 62.6. The van der Waals surface area contributed by atoms with Crippen LogP contribution in [-0.4, -0.2) is 247 Å². The average molecular weight is 1620 g/mol. The molecule has 0 saturated carbocycles. The number of carbonyl (C=O) groups is 1. The Balaban J connectivity index is 0.00000361. The summed E-state index contributed by atoms with van der Waals surface area (Å²) in [5.74, 6) is -1.15. The molecule has 0 bridgehead atoms. The van der Waals surface area contributed by atoms with Gasteiger partial charge in [0.25, 0.3) is 0 Å². The minimum absolute atomic E-state index is 0. The minimum Gasteiger partial charge on any atom is -0.550 e. The molecule has 12 rings (SSSR count). The van der Waals surface area contributed by atoms with Crippen LogP contribution in [-0.2, 0) is 67.7 Å². The van der Waals surface area contributed by atoms with Crippen LogP contribution in [0.15, 0.2) is 117 Å². The Hall–Kier alpha value is -6.44. The van der Waals surface area contributed by atoms with Crippen LogP contribution in [0.1, 0.15) is 87.0 Å². The third kappa shape index (κ3) is 16.2. The monoisotopic (exact) mass is 1620 g/mol.